The highest BCUT2D eigenvalue weighted by Crippen LogP contribution is 2.13. The van der Waals surface area contributed by atoms with Crippen molar-refractivity contribution in [3.63, 3.8) is 0 Å². The van der Waals surface area contributed by atoms with Crippen LogP contribution in [0.4, 0.5) is 13.2 Å². The maximum absolute atomic E-state index is 11.3. The number of benzene rings is 1. The van der Waals surface area contributed by atoms with Crippen LogP contribution in [-0.2, 0) is 22.6 Å². The van der Waals surface area contributed by atoms with E-state index in [-0.39, 0.29) is 0 Å². The Bertz CT molecular complexity index is 752. The lowest BCUT2D eigenvalue weighted by atomic mass is 10.0. The third-order valence-electron chi connectivity index (χ3n) is 3.34. The first-order chi connectivity index (χ1) is 12.6. The Hall–Kier alpha value is -2.94. The van der Waals surface area contributed by atoms with Gasteiger partial charge in [-0.3, -0.25) is 15.1 Å². The average Bonchev–Trinajstić information content (AvgIpc) is 2.59. The molecule has 6 nitrogen and oxygen atoms in total. The van der Waals surface area contributed by atoms with Gasteiger partial charge in [0, 0.05) is 18.9 Å². The molecule has 0 aliphatic heterocycles. The van der Waals surface area contributed by atoms with Gasteiger partial charge in [0.1, 0.15) is 6.04 Å². The molecule has 0 saturated heterocycles. The van der Waals surface area contributed by atoms with Crippen molar-refractivity contribution in [2.24, 2.45) is 0 Å². The number of pyridine rings is 1. The molecule has 0 aliphatic rings. The SMILES string of the molecule is Cc1cccc(CC(NCc2cccnc2)C(=O)O)c1.O=C(O)C(F)(F)F. The molecule has 1 heterocycles. The molecule has 9 heteroatoms. The zero-order valence-electron chi connectivity index (χ0n) is 14.4. The normalized spacial score (nSPS) is 11.9. The number of aromatic nitrogens is 1. The van der Waals surface area contributed by atoms with Crippen molar-refractivity contribution in [2.45, 2.75) is 32.1 Å². The van der Waals surface area contributed by atoms with Gasteiger partial charge in [0.2, 0.25) is 0 Å². The average molecular weight is 384 g/mol. The molecule has 1 aromatic carbocycles. The molecule has 146 valence electrons. The van der Waals surface area contributed by atoms with Gasteiger partial charge >= 0.3 is 18.1 Å². The third kappa shape index (κ3) is 8.82. The van der Waals surface area contributed by atoms with E-state index in [1.165, 1.54) is 0 Å². The quantitative estimate of drug-likeness (QED) is 0.708. The van der Waals surface area contributed by atoms with Crippen LogP contribution < -0.4 is 5.32 Å². The summed E-state index contributed by atoms with van der Waals surface area (Å²) in [5.41, 5.74) is 3.14. The Morgan fingerprint density at radius 1 is 1.15 bits per heavy atom. The summed E-state index contributed by atoms with van der Waals surface area (Å²) in [5, 5.41) is 19.5. The van der Waals surface area contributed by atoms with Gasteiger partial charge in [0.15, 0.2) is 0 Å². The summed E-state index contributed by atoms with van der Waals surface area (Å²) in [6.45, 7) is 2.50. The van der Waals surface area contributed by atoms with Gasteiger partial charge in [-0.25, -0.2) is 4.79 Å². The third-order valence-corrected chi connectivity index (χ3v) is 3.34. The summed E-state index contributed by atoms with van der Waals surface area (Å²) < 4.78 is 31.7. The van der Waals surface area contributed by atoms with Crippen LogP contribution in [0.5, 0.6) is 0 Å². The van der Waals surface area contributed by atoms with Crippen molar-refractivity contribution >= 4 is 11.9 Å². The largest absolute Gasteiger partial charge is 0.490 e. The van der Waals surface area contributed by atoms with E-state index in [1.54, 1.807) is 12.4 Å². The number of nitrogens with one attached hydrogen (secondary N) is 1. The first kappa shape index (κ1) is 22.1. The Morgan fingerprint density at radius 2 is 1.78 bits per heavy atom. The van der Waals surface area contributed by atoms with Crippen molar-refractivity contribution in [1.29, 1.82) is 0 Å². The molecular formula is C18H19F3N2O4. The number of alkyl halides is 3. The summed E-state index contributed by atoms with van der Waals surface area (Å²) in [6.07, 6.45) is -1.18. The number of aliphatic carboxylic acids is 2. The molecule has 0 amide bonds. The van der Waals surface area contributed by atoms with E-state index in [0.717, 1.165) is 16.7 Å². The second-order valence-electron chi connectivity index (χ2n) is 5.63. The fourth-order valence-corrected chi connectivity index (χ4v) is 2.07. The number of nitrogens with zero attached hydrogens (tertiary/aromatic N) is 1. The van der Waals surface area contributed by atoms with Crippen molar-refractivity contribution < 1.29 is 33.0 Å². The van der Waals surface area contributed by atoms with Gasteiger partial charge in [-0.1, -0.05) is 35.9 Å². The van der Waals surface area contributed by atoms with Gasteiger partial charge in [-0.05, 0) is 30.5 Å². The van der Waals surface area contributed by atoms with E-state index in [2.05, 4.69) is 10.3 Å². The number of carboxylic acids is 2. The van der Waals surface area contributed by atoms with Gasteiger partial charge in [0.25, 0.3) is 0 Å². The highest BCUT2D eigenvalue weighted by Gasteiger charge is 2.38. The van der Waals surface area contributed by atoms with Crippen LogP contribution in [0.15, 0.2) is 48.8 Å². The molecule has 0 saturated carbocycles. The van der Waals surface area contributed by atoms with Crippen molar-refractivity contribution in [1.82, 2.24) is 10.3 Å². The molecule has 1 aromatic heterocycles. The van der Waals surface area contributed by atoms with Crippen LogP contribution in [0, 0.1) is 6.92 Å². The Balaban J connectivity index is 0.000000445. The molecule has 27 heavy (non-hydrogen) atoms. The van der Waals surface area contributed by atoms with Gasteiger partial charge in [-0.2, -0.15) is 13.2 Å². The van der Waals surface area contributed by atoms with Crippen molar-refractivity contribution in [2.75, 3.05) is 0 Å². The van der Waals surface area contributed by atoms with Crippen LogP contribution in [0.25, 0.3) is 0 Å². The fraction of sp³-hybridized carbons (Fsp3) is 0.278. The van der Waals surface area contributed by atoms with Crippen LogP contribution in [0.3, 0.4) is 0 Å². The minimum atomic E-state index is -5.08. The number of hydrogen-bond donors (Lipinski definition) is 3. The minimum absolute atomic E-state index is 0.470. The molecule has 0 radical (unpaired) electrons. The molecule has 0 spiro atoms. The molecule has 1 atom stereocenters. The lowest BCUT2D eigenvalue weighted by Gasteiger charge is -2.14. The maximum Gasteiger partial charge on any atom is 0.490 e. The molecule has 2 rings (SSSR count). The van der Waals surface area contributed by atoms with Crippen molar-refractivity contribution in [3.05, 3.63) is 65.5 Å². The summed E-state index contributed by atoms with van der Waals surface area (Å²) in [7, 11) is 0. The summed E-state index contributed by atoms with van der Waals surface area (Å²) >= 11 is 0. The number of carboxylic acid groups (broad SMARTS) is 2. The maximum atomic E-state index is 11.3. The highest BCUT2D eigenvalue weighted by molar-refractivity contribution is 5.74. The molecule has 0 aliphatic carbocycles. The van der Waals surface area contributed by atoms with Crippen LogP contribution >= 0.6 is 0 Å². The van der Waals surface area contributed by atoms with E-state index < -0.39 is 24.2 Å². The zero-order valence-corrected chi connectivity index (χ0v) is 14.4. The predicted octanol–water partition coefficient (Wildman–Crippen LogP) is 2.81. The zero-order chi connectivity index (χ0) is 20.4. The molecule has 3 N–H and O–H groups in total. The van der Waals surface area contributed by atoms with E-state index in [9.17, 15) is 23.1 Å². The fourth-order valence-electron chi connectivity index (χ4n) is 2.07. The first-order valence-electron chi connectivity index (χ1n) is 7.80. The molecular weight excluding hydrogens is 365 g/mol. The number of rotatable bonds is 6. The molecule has 1 unspecified atom stereocenters. The first-order valence-corrected chi connectivity index (χ1v) is 7.80. The van der Waals surface area contributed by atoms with E-state index >= 15 is 0 Å². The van der Waals surface area contributed by atoms with Gasteiger partial charge in [0.05, 0.1) is 0 Å². The van der Waals surface area contributed by atoms with Crippen LogP contribution in [0.2, 0.25) is 0 Å². The van der Waals surface area contributed by atoms with Crippen molar-refractivity contribution in [3.8, 4) is 0 Å². The summed E-state index contributed by atoms with van der Waals surface area (Å²) in [5.74, 6) is -3.59. The van der Waals surface area contributed by atoms with Crippen LogP contribution in [-0.4, -0.2) is 39.4 Å². The lowest BCUT2D eigenvalue weighted by Crippen LogP contribution is -2.38. The Labute approximate surface area is 153 Å². The predicted molar refractivity (Wildman–Crippen MR) is 91.1 cm³/mol. The minimum Gasteiger partial charge on any atom is -0.480 e. The monoisotopic (exact) mass is 384 g/mol. The number of carbonyl (C=O) groups is 2. The lowest BCUT2D eigenvalue weighted by molar-refractivity contribution is -0.192. The molecule has 0 bridgehead atoms. The van der Waals surface area contributed by atoms with E-state index in [0.29, 0.717) is 13.0 Å². The number of halogens is 3. The summed E-state index contributed by atoms with van der Waals surface area (Å²) in [4.78, 5) is 24.2. The Morgan fingerprint density at radius 3 is 2.26 bits per heavy atom. The number of hydrogen-bond acceptors (Lipinski definition) is 4. The molecule has 2 aromatic rings. The molecule has 0 fully saturated rings. The Kier molecular flexibility index (Phi) is 8.40. The van der Waals surface area contributed by atoms with Crippen LogP contribution in [0.1, 0.15) is 16.7 Å². The van der Waals surface area contributed by atoms with Gasteiger partial charge in [-0.15, -0.1) is 0 Å². The number of aryl methyl sites for hydroxylation is 1. The highest BCUT2D eigenvalue weighted by atomic mass is 19.4. The smallest absolute Gasteiger partial charge is 0.480 e. The second-order valence-corrected chi connectivity index (χ2v) is 5.63. The standard InChI is InChI=1S/C16H18N2O2.C2HF3O2/c1-12-4-2-5-13(8-12)9-15(16(19)20)18-11-14-6-3-7-17-10-14;3-2(4,5)1(6)7/h2-8,10,15,18H,9,11H2,1H3,(H,19,20);(H,6,7). The summed E-state index contributed by atoms with van der Waals surface area (Å²) in [6, 6.07) is 11.1. The van der Waals surface area contributed by atoms with E-state index in [1.807, 2.05) is 43.3 Å². The van der Waals surface area contributed by atoms with E-state index in [4.69, 9.17) is 9.90 Å². The van der Waals surface area contributed by atoms with Gasteiger partial charge < -0.3 is 10.2 Å². The second kappa shape index (κ2) is 10.3. The topological polar surface area (TPSA) is 99.5 Å².